The minimum absolute atomic E-state index is 0.268. The molecule has 0 saturated heterocycles. The summed E-state index contributed by atoms with van der Waals surface area (Å²) in [5.41, 5.74) is 2.60. The minimum Gasteiger partial charge on any atom is -0.309 e. The summed E-state index contributed by atoms with van der Waals surface area (Å²) in [6.07, 6.45) is 8.16. The summed E-state index contributed by atoms with van der Waals surface area (Å²) in [6, 6.07) is 4.58. The van der Waals surface area contributed by atoms with Crippen molar-refractivity contribution in [1.82, 2.24) is 10.3 Å². The van der Waals surface area contributed by atoms with Gasteiger partial charge in [0.05, 0.1) is 5.69 Å². The van der Waals surface area contributed by atoms with E-state index in [1.807, 2.05) is 19.2 Å². The molecule has 100 valence electrons. The molecule has 1 aromatic rings. The average molecular weight is 266 g/mol. The summed E-state index contributed by atoms with van der Waals surface area (Å²) in [7, 11) is -0.718. The third kappa shape index (κ3) is 3.39. The maximum Gasteiger partial charge on any atom is 0.0605 e. The van der Waals surface area contributed by atoms with Crippen molar-refractivity contribution in [3.8, 4) is 0 Å². The molecule has 1 aliphatic carbocycles. The summed E-state index contributed by atoms with van der Waals surface area (Å²) in [5, 5.41) is 3.83. The van der Waals surface area contributed by atoms with Gasteiger partial charge in [0.2, 0.25) is 0 Å². The Kier molecular flexibility index (Phi) is 4.89. The quantitative estimate of drug-likeness (QED) is 0.888. The van der Waals surface area contributed by atoms with Crippen molar-refractivity contribution in [3.63, 3.8) is 0 Å². The monoisotopic (exact) mass is 266 g/mol. The number of pyridine rings is 1. The maximum absolute atomic E-state index is 11.3. The molecule has 3 atom stereocenters. The highest BCUT2D eigenvalue weighted by Gasteiger charge is 2.20. The Bertz CT molecular complexity index is 422. The fraction of sp³-hybridized carbons (Fsp3) is 0.643. The zero-order valence-electron chi connectivity index (χ0n) is 11.2. The molecule has 3 nitrogen and oxygen atoms in total. The third-order valence-corrected chi connectivity index (χ3v) is 5.07. The van der Waals surface area contributed by atoms with E-state index in [0.717, 1.165) is 25.8 Å². The Hall–Kier alpha value is -0.740. The number of aryl methyl sites for hydroxylation is 1. The molecule has 0 fully saturated rings. The van der Waals surface area contributed by atoms with E-state index in [0.29, 0.717) is 6.04 Å². The van der Waals surface area contributed by atoms with Crippen molar-refractivity contribution >= 4 is 10.8 Å². The molecule has 18 heavy (non-hydrogen) atoms. The van der Waals surface area contributed by atoms with Gasteiger partial charge >= 0.3 is 0 Å². The standard InChI is InChI=1S/C14H22N2OS/c1-11(18(2)17)8-10-15-13-7-3-5-12-6-4-9-16-14(12)13/h4,6,9,11,13,15H,3,5,7-8,10H2,1-2H3. The first-order chi connectivity index (χ1) is 8.68. The van der Waals surface area contributed by atoms with Crippen LogP contribution in [0.3, 0.4) is 0 Å². The van der Waals surface area contributed by atoms with Crippen molar-refractivity contribution in [2.75, 3.05) is 12.8 Å². The van der Waals surface area contributed by atoms with Gasteiger partial charge in [-0.2, -0.15) is 0 Å². The van der Waals surface area contributed by atoms with E-state index in [1.54, 1.807) is 6.26 Å². The molecular formula is C14H22N2OS. The summed E-state index contributed by atoms with van der Waals surface area (Å²) < 4.78 is 11.3. The first-order valence-corrected chi connectivity index (χ1v) is 8.30. The number of hydrogen-bond donors (Lipinski definition) is 1. The molecule has 0 aromatic carbocycles. The number of nitrogens with one attached hydrogen (secondary N) is 1. The van der Waals surface area contributed by atoms with E-state index in [4.69, 9.17) is 0 Å². The van der Waals surface area contributed by atoms with E-state index in [-0.39, 0.29) is 5.25 Å². The highest BCUT2D eigenvalue weighted by molar-refractivity contribution is 7.84. The van der Waals surface area contributed by atoms with E-state index < -0.39 is 10.8 Å². The minimum atomic E-state index is -0.718. The first-order valence-electron chi connectivity index (χ1n) is 6.68. The molecule has 0 amide bonds. The molecule has 0 aliphatic heterocycles. The van der Waals surface area contributed by atoms with Crippen LogP contribution in [0.4, 0.5) is 0 Å². The van der Waals surface area contributed by atoms with Gasteiger partial charge in [0.15, 0.2) is 0 Å². The summed E-state index contributed by atoms with van der Waals surface area (Å²) in [5.74, 6) is 0. The largest absolute Gasteiger partial charge is 0.309 e. The van der Waals surface area contributed by atoms with Gasteiger partial charge in [-0.15, -0.1) is 0 Å². The molecule has 1 heterocycles. The number of rotatable bonds is 5. The lowest BCUT2D eigenvalue weighted by Gasteiger charge is -2.25. The zero-order chi connectivity index (χ0) is 13.0. The lowest BCUT2D eigenvalue weighted by molar-refractivity contribution is 0.444. The van der Waals surface area contributed by atoms with Crippen LogP contribution in [-0.2, 0) is 17.2 Å². The van der Waals surface area contributed by atoms with Gasteiger partial charge in [-0.25, -0.2) is 0 Å². The molecule has 0 saturated carbocycles. The van der Waals surface area contributed by atoms with Gasteiger partial charge in [-0.1, -0.05) is 13.0 Å². The maximum atomic E-state index is 11.3. The molecule has 1 aromatic heterocycles. The second-order valence-electron chi connectivity index (χ2n) is 5.04. The Labute approximate surface area is 112 Å². The highest BCUT2D eigenvalue weighted by Crippen LogP contribution is 2.27. The van der Waals surface area contributed by atoms with Crippen molar-refractivity contribution in [1.29, 1.82) is 0 Å². The Morgan fingerprint density at radius 3 is 3.22 bits per heavy atom. The molecular weight excluding hydrogens is 244 g/mol. The van der Waals surface area contributed by atoms with Crippen molar-refractivity contribution in [3.05, 3.63) is 29.6 Å². The van der Waals surface area contributed by atoms with Crippen LogP contribution in [0.25, 0.3) is 0 Å². The van der Waals surface area contributed by atoms with Gasteiger partial charge in [0.25, 0.3) is 0 Å². The number of nitrogens with zero attached hydrogens (tertiary/aromatic N) is 1. The molecule has 1 N–H and O–H groups in total. The Balaban J connectivity index is 1.90. The number of hydrogen-bond acceptors (Lipinski definition) is 3. The van der Waals surface area contributed by atoms with Gasteiger partial charge in [0, 0.05) is 34.5 Å². The molecule has 0 radical (unpaired) electrons. The van der Waals surface area contributed by atoms with Crippen molar-refractivity contribution < 1.29 is 4.21 Å². The van der Waals surface area contributed by atoms with E-state index in [2.05, 4.69) is 16.4 Å². The van der Waals surface area contributed by atoms with Crippen molar-refractivity contribution in [2.45, 2.75) is 43.9 Å². The number of aromatic nitrogens is 1. The Morgan fingerprint density at radius 2 is 2.44 bits per heavy atom. The zero-order valence-corrected chi connectivity index (χ0v) is 12.0. The van der Waals surface area contributed by atoms with Gasteiger partial charge < -0.3 is 5.32 Å². The molecule has 1 aliphatic rings. The van der Waals surface area contributed by atoms with Crippen LogP contribution in [0, 0.1) is 0 Å². The molecule has 0 bridgehead atoms. The number of fused-ring (bicyclic) bond motifs is 1. The van der Waals surface area contributed by atoms with Crippen LogP contribution in [0.2, 0.25) is 0 Å². The van der Waals surface area contributed by atoms with Crippen LogP contribution in [0.15, 0.2) is 18.3 Å². The fourth-order valence-corrected chi connectivity index (χ4v) is 2.88. The molecule has 4 heteroatoms. The van der Waals surface area contributed by atoms with Gasteiger partial charge in [-0.05, 0) is 43.9 Å². The highest BCUT2D eigenvalue weighted by atomic mass is 32.2. The first kappa shape index (κ1) is 13.7. The van der Waals surface area contributed by atoms with Crippen LogP contribution >= 0.6 is 0 Å². The second-order valence-corrected chi connectivity index (χ2v) is 6.85. The summed E-state index contributed by atoms with van der Waals surface area (Å²) in [4.78, 5) is 4.51. The van der Waals surface area contributed by atoms with E-state index in [1.165, 1.54) is 17.7 Å². The van der Waals surface area contributed by atoms with E-state index >= 15 is 0 Å². The third-order valence-electron chi connectivity index (χ3n) is 3.70. The topological polar surface area (TPSA) is 42.0 Å². The van der Waals surface area contributed by atoms with Crippen molar-refractivity contribution in [2.24, 2.45) is 0 Å². The van der Waals surface area contributed by atoms with E-state index in [9.17, 15) is 4.21 Å². The average Bonchev–Trinajstić information content (AvgIpc) is 2.38. The fourth-order valence-electron chi connectivity index (χ4n) is 2.43. The van der Waals surface area contributed by atoms with Gasteiger partial charge in [-0.3, -0.25) is 9.19 Å². The van der Waals surface area contributed by atoms with Gasteiger partial charge in [0.1, 0.15) is 0 Å². The van der Waals surface area contributed by atoms with Crippen LogP contribution < -0.4 is 5.32 Å². The smallest absolute Gasteiger partial charge is 0.0605 e. The summed E-state index contributed by atoms with van der Waals surface area (Å²) >= 11 is 0. The Morgan fingerprint density at radius 1 is 1.61 bits per heavy atom. The lowest BCUT2D eigenvalue weighted by Crippen LogP contribution is -2.29. The van der Waals surface area contributed by atoms with Crippen LogP contribution in [0.1, 0.15) is 43.5 Å². The molecule has 0 spiro atoms. The lowest BCUT2D eigenvalue weighted by atomic mass is 9.92. The van der Waals surface area contributed by atoms with Crippen LogP contribution in [0.5, 0.6) is 0 Å². The molecule has 2 rings (SSSR count). The van der Waals surface area contributed by atoms with Crippen LogP contribution in [-0.4, -0.2) is 27.2 Å². The predicted octanol–water partition coefficient (Wildman–Crippen LogP) is 2.21. The summed E-state index contributed by atoms with van der Waals surface area (Å²) in [6.45, 7) is 2.96. The SMILES string of the molecule is CC(CCNC1CCCc2cccnc21)S(C)=O. The normalized spacial score (nSPS) is 22.2. The second kappa shape index (κ2) is 6.43. The molecule has 3 unspecified atom stereocenters. The predicted molar refractivity (Wildman–Crippen MR) is 76.1 cm³/mol.